The third-order valence-electron chi connectivity index (χ3n) is 6.36. The molecule has 0 bridgehead atoms. The maximum absolute atomic E-state index is 13.5. The largest absolute Gasteiger partial charge is 0.507 e. The van der Waals surface area contributed by atoms with Crippen molar-refractivity contribution in [2.45, 2.75) is 25.2 Å². The highest BCUT2D eigenvalue weighted by Crippen LogP contribution is 2.49. The summed E-state index contributed by atoms with van der Waals surface area (Å²) in [6.45, 7) is 0. The molecule has 2 N–H and O–H groups in total. The summed E-state index contributed by atoms with van der Waals surface area (Å²) in [6, 6.07) is 24.2. The molecule has 1 heterocycles. The Hall–Kier alpha value is -3.15. The quantitative estimate of drug-likeness (QED) is 0.340. The number of halogens is 2. The molecule has 4 nitrogen and oxygen atoms in total. The predicted molar refractivity (Wildman–Crippen MR) is 140 cm³/mol. The summed E-state index contributed by atoms with van der Waals surface area (Å²) in [4.78, 5) is 15.3. The standard InChI is InChI=1S/C28H22BrClN2O2/c29-18-13-15-19(16-14-18)32-22-11-6-12-23(33)25(22)24(20-9-4-5-10-21(20)30)26(28(32)31)27(34)17-7-2-1-3-8-17/h1-5,7-10,13-16,24,31,34H,6,11-12H2/b27-26+,31-28?/t24-/m1/s1. The van der Waals surface area contributed by atoms with Crippen LogP contribution in [-0.4, -0.2) is 16.7 Å². The van der Waals surface area contributed by atoms with Crippen LogP contribution in [0.3, 0.4) is 0 Å². The molecule has 1 aliphatic heterocycles. The summed E-state index contributed by atoms with van der Waals surface area (Å²) in [5, 5.41) is 21.4. The summed E-state index contributed by atoms with van der Waals surface area (Å²) in [6.07, 6.45) is 1.82. The third kappa shape index (κ3) is 3.89. The molecular weight excluding hydrogens is 512 g/mol. The van der Waals surface area contributed by atoms with Crippen molar-refractivity contribution in [2.24, 2.45) is 0 Å². The molecule has 170 valence electrons. The van der Waals surface area contributed by atoms with Gasteiger partial charge in [0.1, 0.15) is 11.6 Å². The molecule has 0 saturated carbocycles. The number of carbonyl (C=O) groups is 1. The maximum Gasteiger partial charge on any atom is 0.161 e. The van der Waals surface area contributed by atoms with Crippen molar-refractivity contribution in [3.05, 3.63) is 116 Å². The number of hydrogen-bond donors (Lipinski definition) is 2. The number of hydrogen-bond acceptors (Lipinski definition) is 3. The lowest BCUT2D eigenvalue weighted by atomic mass is 9.73. The molecule has 1 aliphatic carbocycles. The van der Waals surface area contributed by atoms with Crippen LogP contribution in [0, 0.1) is 5.41 Å². The van der Waals surface area contributed by atoms with Crippen molar-refractivity contribution in [2.75, 3.05) is 4.90 Å². The van der Waals surface area contributed by atoms with Crippen LogP contribution in [0.15, 0.2) is 100 Å². The number of aliphatic hydroxyl groups excluding tert-OH is 1. The van der Waals surface area contributed by atoms with Crippen LogP contribution in [0.25, 0.3) is 5.76 Å². The monoisotopic (exact) mass is 532 g/mol. The lowest BCUT2D eigenvalue weighted by Crippen LogP contribution is -2.42. The predicted octanol–water partition coefficient (Wildman–Crippen LogP) is 7.66. The molecule has 0 aromatic heterocycles. The molecule has 0 radical (unpaired) electrons. The number of anilines is 1. The molecule has 5 rings (SSSR count). The summed E-state index contributed by atoms with van der Waals surface area (Å²) < 4.78 is 0.922. The fourth-order valence-corrected chi connectivity index (χ4v) is 5.35. The van der Waals surface area contributed by atoms with Crippen LogP contribution in [-0.2, 0) is 4.79 Å². The average Bonchev–Trinajstić information content (AvgIpc) is 2.85. The Labute approximate surface area is 211 Å². The molecule has 0 fully saturated rings. The second-order valence-electron chi connectivity index (χ2n) is 8.38. The van der Waals surface area contributed by atoms with Gasteiger partial charge in [-0.25, -0.2) is 0 Å². The normalized spacial score (nSPS) is 19.8. The Kier molecular flexibility index (Phi) is 6.15. The highest BCUT2D eigenvalue weighted by atomic mass is 79.9. The topological polar surface area (TPSA) is 64.4 Å². The van der Waals surface area contributed by atoms with Gasteiger partial charge in [0.25, 0.3) is 0 Å². The number of benzene rings is 3. The molecule has 6 heteroatoms. The van der Waals surface area contributed by atoms with Crippen molar-refractivity contribution >= 4 is 50.6 Å². The van der Waals surface area contributed by atoms with Crippen molar-refractivity contribution in [3.63, 3.8) is 0 Å². The Morgan fingerprint density at radius 3 is 2.35 bits per heavy atom. The number of ketones is 1. The minimum absolute atomic E-state index is 0.0254. The Morgan fingerprint density at radius 2 is 1.65 bits per heavy atom. The van der Waals surface area contributed by atoms with Gasteiger partial charge in [0, 0.05) is 49.9 Å². The van der Waals surface area contributed by atoms with E-state index in [1.54, 1.807) is 23.1 Å². The molecule has 34 heavy (non-hydrogen) atoms. The van der Waals surface area contributed by atoms with E-state index in [1.165, 1.54) is 0 Å². The van der Waals surface area contributed by atoms with Gasteiger partial charge >= 0.3 is 0 Å². The molecule has 1 atom stereocenters. The van der Waals surface area contributed by atoms with Gasteiger partial charge in [0.2, 0.25) is 0 Å². The lowest BCUT2D eigenvalue weighted by molar-refractivity contribution is -0.116. The van der Waals surface area contributed by atoms with Crippen LogP contribution in [0.4, 0.5) is 5.69 Å². The SMILES string of the molecule is N=C1/C(=C(/O)c2ccccc2)[C@H](c2ccccc2Cl)C2=C(CCCC2=O)N1c1ccc(Br)cc1. The molecule has 0 spiro atoms. The van der Waals surface area contributed by atoms with E-state index in [0.717, 1.165) is 22.3 Å². The average molecular weight is 534 g/mol. The van der Waals surface area contributed by atoms with Crippen LogP contribution < -0.4 is 4.90 Å². The van der Waals surface area contributed by atoms with Gasteiger partial charge in [-0.2, -0.15) is 0 Å². The van der Waals surface area contributed by atoms with Gasteiger partial charge in [0.05, 0.1) is 0 Å². The lowest BCUT2D eigenvalue weighted by Gasteiger charge is -2.42. The fraction of sp³-hybridized carbons (Fsp3) is 0.143. The second-order valence-corrected chi connectivity index (χ2v) is 9.70. The number of Topliss-reactive ketones (excluding diaryl/α,β-unsaturated/α-hetero) is 1. The van der Waals surface area contributed by atoms with Gasteiger partial charge in [-0.15, -0.1) is 0 Å². The van der Waals surface area contributed by atoms with Crippen LogP contribution in [0.5, 0.6) is 0 Å². The summed E-state index contributed by atoms with van der Waals surface area (Å²) in [5.41, 5.74) is 3.85. The van der Waals surface area contributed by atoms with Gasteiger partial charge in [-0.3, -0.25) is 15.1 Å². The second kappa shape index (κ2) is 9.24. The summed E-state index contributed by atoms with van der Waals surface area (Å²) >= 11 is 10.1. The van der Waals surface area contributed by atoms with E-state index in [2.05, 4.69) is 15.9 Å². The van der Waals surface area contributed by atoms with Crippen molar-refractivity contribution in [1.29, 1.82) is 5.41 Å². The van der Waals surface area contributed by atoms with E-state index in [9.17, 15) is 15.3 Å². The molecule has 0 unspecified atom stereocenters. The smallest absolute Gasteiger partial charge is 0.161 e. The molecular formula is C28H22BrClN2O2. The summed E-state index contributed by atoms with van der Waals surface area (Å²) in [5.74, 6) is -0.486. The van der Waals surface area contributed by atoms with E-state index in [4.69, 9.17) is 11.6 Å². The van der Waals surface area contributed by atoms with Crippen LogP contribution in [0.1, 0.15) is 36.3 Å². The number of carbonyl (C=O) groups excluding carboxylic acids is 1. The zero-order valence-corrected chi connectivity index (χ0v) is 20.6. The molecule has 2 aliphatic rings. The molecule has 0 amide bonds. The van der Waals surface area contributed by atoms with Crippen molar-refractivity contribution in [1.82, 2.24) is 0 Å². The first-order chi connectivity index (χ1) is 16.5. The highest BCUT2D eigenvalue weighted by molar-refractivity contribution is 9.10. The number of amidine groups is 1. The first-order valence-corrected chi connectivity index (χ1v) is 12.3. The molecule has 3 aromatic rings. The van der Waals surface area contributed by atoms with Gasteiger partial charge in [0.15, 0.2) is 5.78 Å². The van der Waals surface area contributed by atoms with E-state index in [0.29, 0.717) is 40.1 Å². The van der Waals surface area contributed by atoms with E-state index >= 15 is 0 Å². The molecule has 0 saturated heterocycles. The van der Waals surface area contributed by atoms with E-state index < -0.39 is 5.92 Å². The van der Waals surface area contributed by atoms with Gasteiger partial charge < -0.3 is 5.11 Å². The minimum Gasteiger partial charge on any atom is -0.507 e. The van der Waals surface area contributed by atoms with E-state index in [1.807, 2.05) is 60.7 Å². The fourth-order valence-electron chi connectivity index (χ4n) is 4.84. The maximum atomic E-state index is 13.5. The number of allylic oxidation sites excluding steroid dienone is 2. The first kappa shape index (κ1) is 22.6. The zero-order valence-electron chi connectivity index (χ0n) is 18.3. The van der Waals surface area contributed by atoms with Gasteiger partial charge in [-0.1, -0.05) is 76.1 Å². The van der Waals surface area contributed by atoms with Crippen molar-refractivity contribution < 1.29 is 9.90 Å². The Morgan fingerprint density at radius 1 is 0.971 bits per heavy atom. The van der Waals surface area contributed by atoms with Gasteiger partial charge in [-0.05, 0) is 48.7 Å². The number of aliphatic hydroxyl groups is 1. The first-order valence-electron chi connectivity index (χ1n) is 11.1. The van der Waals surface area contributed by atoms with Crippen molar-refractivity contribution in [3.8, 4) is 0 Å². The Balaban J connectivity index is 1.84. The molecule has 3 aromatic carbocycles. The summed E-state index contributed by atoms with van der Waals surface area (Å²) in [7, 11) is 0. The number of nitrogens with zero attached hydrogens (tertiary/aromatic N) is 1. The number of rotatable bonds is 3. The van der Waals surface area contributed by atoms with E-state index in [-0.39, 0.29) is 17.4 Å². The Bertz CT molecular complexity index is 1350. The zero-order chi connectivity index (χ0) is 23.8. The van der Waals surface area contributed by atoms with Crippen LogP contribution in [0.2, 0.25) is 5.02 Å². The minimum atomic E-state index is -0.629. The third-order valence-corrected chi connectivity index (χ3v) is 7.23. The number of nitrogens with one attached hydrogen (secondary N) is 1. The highest BCUT2D eigenvalue weighted by Gasteiger charge is 2.43. The van der Waals surface area contributed by atoms with Crippen LogP contribution >= 0.6 is 27.5 Å².